The summed E-state index contributed by atoms with van der Waals surface area (Å²) in [5, 5.41) is 3.98. The van der Waals surface area contributed by atoms with Crippen molar-refractivity contribution in [3.63, 3.8) is 0 Å². The highest BCUT2D eigenvalue weighted by molar-refractivity contribution is 7.96. The van der Waals surface area contributed by atoms with Crippen LogP contribution in [0.2, 0.25) is 0 Å². The van der Waals surface area contributed by atoms with Crippen LogP contribution in [-0.4, -0.2) is 21.3 Å². The van der Waals surface area contributed by atoms with E-state index in [1.807, 2.05) is 24.3 Å². The van der Waals surface area contributed by atoms with Crippen LogP contribution >= 0.6 is 11.9 Å². The zero-order valence-electron chi connectivity index (χ0n) is 8.83. The molecule has 0 spiro atoms. The van der Waals surface area contributed by atoms with Gasteiger partial charge < -0.3 is 10.5 Å². The van der Waals surface area contributed by atoms with Crippen molar-refractivity contribution in [2.45, 2.75) is 5.75 Å². The lowest BCUT2D eigenvalue weighted by molar-refractivity contribution is 0.414. The van der Waals surface area contributed by atoms with Crippen LogP contribution in [0.4, 0.5) is 5.95 Å². The molecular formula is C10H12N4OS. The van der Waals surface area contributed by atoms with E-state index in [-0.39, 0.29) is 5.95 Å². The van der Waals surface area contributed by atoms with Gasteiger partial charge in [-0.2, -0.15) is 9.07 Å². The summed E-state index contributed by atoms with van der Waals surface area (Å²) in [4.78, 5) is 3.85. The predicted molar refractivity (Wildman–Crippen MR) is 64.1 cm³/mol. The van der Waals surface area contributed by atoms with Crippen molar-refractivity contribution in [2.75, 3.05) is 12.8 Å². The summed E-state index contributed by atoms with van der Waals surface area (Å²) in [5.74, 6) is 1.94. The molecule has 0 atom stereocenters. The van der Waals surface area contributed by atoms with Gasteiger partial charge in [0.05, 0.1) is 7.11 Å². The van der Waals surface area contributed by atoms with Crippen LogP contribution in [0.3, 0.4) is 0 Å². The van der Waals surface area contributed by atoms with Crippen LogP contribution in [0, 0.1) is 0 Å². The van der Waals surface area contributed by atoms with E-state index < -0.39 is 0 Å². The minimum Gasteiger partial charge on any atom is -0.497 e. The highest BCUT2D eigenvalue weighted by Crippen LogP contribution is 2.18. The second kappa shape index (κ2) is 4.89. The lowest BCUT2D eigenvalue weighted by Crippen LogP contribution is -1.92. The quantitative estimate of drug-likeness (QED) is 0.872. The molecule has 0 aliphatic rings. The summed E-state index contributed by atoms with van der Waals surface area (Å²) in [6.07, 6.45) is 1.60. The van der Waals surface area contributed by atoms with Gasteiger partial charge in [0.25, 0.3) is 0 Å². The Bertz CT molecular complexity index is 471. The fourth-order valence-electron chi connectivity index (χ4n) is 1.23. The number of rotatable bonds is 4. The van der Waals surface area contributed by atoms with Crippen molar-refractivity contribution in [2.24, 2.45) is 0 Å². The summed E-state index contributed by atoms with van der Waals surface area (Å²) >= 11 is 1.52. The van der Waals surface area contributed by atoms with Gasteiger partial charge in [-0.05, 0) is 29.6 Å². The molecule has 6 heteroatoms. The molecule has 5 nitrogen and oxygen atoms in total. The van der Waals surface area contributed by atoms with Gasteiger partial charge in [0, 0.05) is 5.75 Å². The summed E-state index contributed by atoms with van der Waals surface area (Å²) in [6, 6.07) is 7.91. The van der Waals surface area contributed by atoms with Crippen molar-refractivity contribution in [3.05, 3.63) is 36.2 Å². The molecule has 16 heavy (non-hydrogen) atoms. The first kappa shape index (κ1) is 10.8. The third-order valence-corrected chi connectivity index (χ3v) is 2.89. The van der Waals surface area contributed by atoms with E-state index in [4.69, 9.17) is 10.5 Å². The topological polar surface area (TPSA) is 66.0 Å². The van der Waals surface area contributed by atoms with E-state index in [1.54, 1.807) is 17.5 Å². The number of hydrogen-bond acceptors (Lipinski definition) is 5. The Kier molecular flexibility index (Phi) is 3.31. The first-order valence-electron chi connectivity index (χ1n) is 4.71. The van der Waals surface area contributed by atoms with Crippen molar-refractivity contribution in [1.29, 1.82) is 0 Å². The minimum atomic E-state index is 0.290. The molecule has 1 aromatic heterocycles. The molecule has 0 aliphatic heterocycles. The molecule has 0 aliphatic carbocycles. The van der Waals surface area contributed by atoms with Crippen LogP contribution in [0.5, 0.6) is 5.75 Å². The van der Waals surface area contributed by atoms with Gasteiger partial charge >= 0.3 is 0 Å². The van der Waals surface area contributed by atoms with Crippen molar-refractivity contribution in [1.82, 2.24) is 14.2 Å². The smallest absolute Gasteiger partial charge is 0.240 e. The van der Waals surface area contributed by atoms with Gasteiger partial charge in [-0.25, -0.2) is 0 Å². The summed E-state index contributed by atoms with van der Waals surface area (Å²) < 4.78 is 6.79. The average molecular weight is 236 g/mol. The molecule has 1 heterocycles. The van der Waals surface area contributed by atoms with Crippen LogP contribution in [-0.2, 0) is 5.75 Å². The highest BCUT2D eigenvalue weighted by Gasteiger charge is 1.99. The summed E-state index contributed by atoms with van der Waals surface area (Å²) in [7, 11) is 1.66. The fourth-order valence-corrected chi connectivity index (χ4v) is 1.94. The number of anilines is 1. The molecule has 84 valence electrons. The summed E-state index contributed by atoms with van der Waals surface area (Å²) in [6.45, 7) is 0. The molecule has 0 saturated heterocycles. The number of hydrogen-bond donors (Lipinski definition) is 1. The molecule has 2 rings (SSSR count). The Labute approximate surface area is 97.8 Å². The molecule has 0 saturated carbocycles. The Morgan fingerprint density at radius 3 is 3.06 bits per heavy atom. The molecule has 0 fully saturated rings. The molecule has 0 radical (unpaired) electrons. The van der Waals surface area contributed by atoms with E-state index in [2.05, 4.69) is 10.1 Å². The third-order valence-electron chi connectivity index (χ3n) is 1.99. The van der Waals surface area contributed by atoms with Crippen molar-refractivity contribution >= 4 is 17.9 Å². The molecule has 0 unspecified atom stereocenters. The standard InChI is InChI=1S/C10H12N4OS/c1-15-9-4-2-3-8(5-9)6-16-14-7-12-10(11)13-14/h2-5,7H,6H2,1H3,(H2,11,13). The Balaban J connectivity index is 1.99. The van der Waals surface area contributed by atoms with E-state index in [0.29, 0.717) is 0 Å². The van der Waals surface area contributed by atoms with Gasteiger partial charge in [0.2, 0.25) is 5.95 Å². The van der Waals surface area contributed by atoms with Crippen molar-refractivity contribution < 1.29 is 4.74 Å². The van der Waals surface area contributed by atoms with Gasteiger partial charge in [-0.15, -0.1) is 5.10 Å². The van der Waals surface area contributed by atoms with E-state index in [1.165, 1.54) is 17.5 Å². The molecule has 2 aromatic rings. The SMILES string of the molecule is COc1cccc(CSn2cnc(N)n2)c1. The second-order valence-corrected chi connectivity index (χ2v) is 4.05. The Morgan fingerprint density at radius 1 is 1.50 bits per heavy atom. The monoisotopic (exact) mass is 236 g/mol. The largest absolute Gasteiger partial charge is 0.497 e. The average Bonchev–Trinajstić information content (AvgIpc) is 2.73. The number of methoxy groups -OCH3 is 1. The lowest BCUT2D eigenvalue weighted by atomic mass is 10.2. The first-order chi connectivity index (χ1) is 7.78. The Morgan fingerprint density at radius 2 is 2.38 bits per heavy atom. The maximum atomic E-state index is 5.42. The maximum absolute atomic E-state index is 5.42. The van der Waals surface area contributed by atoms with E-state index >= 15 is 0 Å². The number of nitrogens with two attached hydrogens (primary N) is 1. The van der Waals surface area contributed by atoms with Crippen molar-refractivity contribution in [3.8, 4) is 5.75 Å². The van der Waals surface area contributed by atoms with Gasteiger partial charge in [-0.3, -0.25) is 0 Å². The van der Waals surface area contributed by atoms with E-state index in [0.717, 1.165) is 11.5 Å². The first-order valence-corrected chi connectivity index (χ1v) is 5.65. The van der Waals surface area contributed by atoms with Crippen LogP contribution in [0.25, 0.3) is 0 Å². The number of aromatic nitrogens is 3. The zero-order chi connectivity index (χ0) is 11.4. The van der Waals surface area contributed by atoms with Crippen LogP contribution in [0.1, 0.15) is 5.56 Å². The maximum Gasteiger partial charge on any atom is 0.240 e. The Hall–Kier alpha value is -1.69. The van der Waals surface area contributed by atoms with Crippen LogP contribution in [0.15, 0.2) is 30.6 Å². The van der Waals surface area contributed by atoms with Gasteiger partial charge in [-0.1, -0.05) is 12.1 Å². The number of benzene rings is 1. The number of nitrogens with zero attached hydrogens (tertiary/aromatic N) is 3. The normalized spacial score (nSPS) is 10.3. The molecule has 2 N–H and O–H groups in total. The number of ether oxygens (including phenoxy) is 1. The lowest BCUT2D eigenvalue weighted by Gasteiger charge is -2.03. The molecule has 1 aromatic carbocycles. The van der Waals surface area contributed by atoms with E-state index in [9.17, 15) is 0 Å². The highest BCUT2D eigenvalue weighted by atomic mass is 32.2. The number of nitrogen functional groups attached to an aromatic ring is 1. The van der Waals surface area contributed by atoms with Gasteiger partial charge in [0.1, 0.15) is 12.1 Å². The van der Waals surface area contributed by atoms with Gasteiger partial charge in [0.15, 0.2) is 0 Å². The third kappa shape index (κ3) is 2.66. The fraction of sp³-hybridized carbons (Fsp3) is 0.200. The predicted octanol–water partition coefficient (Wildman–Crippen LogP) is 1.57. The van der Waals surface area contributed by atoms with Crippen LogP contribution < -0.4 is 10.5 Å². The molecule has 0 amide bonds. The second-order valence-electron chi connectivity index (χ2n) is 3.13. The molecule has 0 bridgehead atoms. The molecular weight excluding hydrogens is 224 g/mol. The zero-order valence-corrected chi connectivity index (χ0v) is 9.65. The summed E-state index contributed by atoms with van der Waals surface area (Å²) in [5.41, 5.74) is 6.58. The minimum absolute atomic E-state index is 0.290.